The van der Waals surface area contributed by atoms with E-state index in [4.69, 9.17) is 0 Å². The molecule has 1 amide bonds. The summed E-state index contributed by atoms with van der Waals surface area (Å²) in [5, 5.41) is 8.96. The van der Waals surface area contributed by atoms with Crippen LogP contribution in [0.2, 0.25) is 0 Å². The Hall–Kier alpha value is -1.39. The van der Waals surface area contributed by atoms with Gasteiger partial charge in [0.2, 0.25) is 5.82 Å². The molecule has 1 heterocycles. The highest BCUT2D eigenvalue weighted by Gasteiger charge is 2.06. The Labute approximate surface area is 96.0 Å². The molecule has 2 N–H and O–H groups in total. The van der Waals surface area contributed by atoms with Crippen LogP contribution in [0.3, 0.4) is 0 Å². The summed E-state index contributed by atoms with van der Waals surface area (Å²) in [6.45, 7) is 2.92. The summed E-state index contributed by atoms with van der Waals surface area (Å²) in [7, 11) is 0. The number of carbonyl (C=O) groups is 1. The standard InChI is InChI=1S/C11H20N4O/c1-2-3-4-5-6-7-8-12-11(16)10-13-9-14-15-10/h9H,2-8H2,1H3,(H,12,16)(H,13,14,15). The maximum absolute atomic E-state index is 11.4. The molecule has 1 aromatic heterocycles. The minimum atomic E-state index is -0.175. The summed E-state index contributed by atoms with van der Waals surface area (Å²) in [5.41, 5.74) is 0. The fourth-order valence-corrected chi connectivity index (χ4v) is 1.51. The molecule has 0 aliphatic carbocycles. The molecule has 0 aliphatic rings. The van der Waals surface area contributed by atoms with Crippen LogP contribution in [0.15, 0.2) is 6.33 Å². The number of aromatic amines is 1. The molecular formula is C11H20N4O. The van der Waals surface area contributed by atoms with Crippen molar-refractivity contribution in [2.45, 2.75) is 45.4 Å². The molecule has 5 heteroatoms. The van der Waals surface area contributed by atoms with Crippen molar-refractivity contribution < 1.29 is 4.79 Å². The van der Waals surface area contributed by atoms with Crippen LogP contribution in [-0.2, 0) is 0 Å². The number of unbranched alkanes of at least 4 members (excludes halogenated alkanes) is 5. The van der Waals surface area contributed by atoms with Crippen molar-refractivity contribution in [3.63, 3.8) is 0 Å². The van der Waals surface area contributed by atoms with Gasteiger partial charge in [0.1, 0.15) is 6.33 Å². The molecule has 0 spiro atoms. The fraction of sp³-hybridized carbons (Fsp3) is 0.727. The van der Waals surface area contributed by atoms with Gasteiger partial charge in [-0.3, -0.25) is 9.89 Å². The van der Waals surface area contributed by atoms with Gasteiger partial charge in [0.15, 0.2) is 0 Å². The molecule has 90 valence electrons. The quantitative estimate of drug-likeness (QED) is 0.662. The first-order chi connectivity index (χ1) is 7.84. The first-order valence-electron chi connectivity index (χ1n) is 5.98. The van der Waals surface area contributed by atoms with Crippen LogP contribution < -0.4 is 5.32 Å². The van der Waals surface area contributed by atoms with Crippen LogP contribution in [0.4, 0.5) is 0 Å². The zero-order valence-corrected chi connectivity index (χ0v) is 9.83. The number of nitrogens with one attached hydrogen (secondary N) is 2. The van der Waals surface area contributed by atoms with Gasteiger partial charge in [-0.15, -0.1) is 0 Å². The number of carbonyl (C=O) groups excluding carboxylic acids is 1. The second-order valence-corrected chi connectivity index (χ2v) is 3.86. The molecule has 0 fully saturated rings. The fourth-order valence-electron chi connectivity index (χ4n) is 1.51. The lowest BCUT2D eigenvalue weighted by molar-refractivity contribution is 0.0943. The SMILES string of the molecule is CCCCCCCCNC(=O)c1ncn[nH]1. The normalized spacial score (nSPS) is 10.3. The average Bonchev–Trinajstić information content (AvgIpc) is 2.81. The highest BCUT2D eigenvalue weighted by atomic mass is 16.2. The van der Waals surface area contributed by atoms with E-state index in [1.54, 1.807) is 0 Å². The molecule has 0 atom stereocenters. The third-order valence-corrected chi connectivity index (χ3v) is 2.45. The molecule has 16 heavy (non-hydrogen) atoms. The van der Waals surface area contributed by atoms with E-state index < -0.39 is 0 Å². The zero-order chi connectivity index (χ0) is 11.6. The molecule has 1 rings (SSSR count). The second kappa shape index (κ2) is 7.84. The van der Waals surface area contributed by atoms with Crippen molar-refractivity contribution >= 4 is 5.91 Å². The summed E-state index contributed by atoms with van der Waals surface area (Å²) < 4.78 is 0. The van der Waals surface area contributed by atoms with Crippen molar-refractivity contribution in [2.75, 3.05) is 6.54 Å². The molecule has 0 aromatic carbocycles. The van der Waals surface area contributed by atoms with Crippen LogP contribution >= 0.6 is 0 Å². The number of hydrogen-bond donors (Lipinski definition) is 2. The number of amides is 1. The van der Waals surface area contributed by atoms with Gasteiger partial charge in [0.25, 0.3) is 5.91 Å². The Kier molecular flexibility index (Phi) is 6.22. The molecule has 0 radical (unpaired) electrons. The summed E-state index contributed by atoms with van der Waals surface area (Å²) in [5.74, 6) is 0.108. The first kappa shape index (κ1) is 12.7. The summed E-state index contributed by atoms with van der Waals surface area (Å²) in [6.07, 6.45) is 8.67. The van der Waals surface area contributed by atoms with E-state index >= 15 is 0 Å². The predicted molar refractivity (Wildman–Crippen MR) is 62.1 cm³/mol. The molecule has 0 aliphatic heterocycles. The molecule has 1 aromatic rings. The van der Waals surface area contributed by atoms with E-state index in [0.717, 1.165) is 6.42 Å². The second-order valence-electron chi connectivity index (χ2n) is 3.86. The van der Waals surface area contributed by atoms with Crippen LogP contribution in [-0.4, -0.2) is 27.6 Å². The monoisotopic (exact) mass is 224 g/mol. The Bertz CT molecular complexity index is 284. The van der Waals surface area contributed by atoms with Gasteiger partial charge in [0.05, 0.1) is 0 Å². The average molecular weight is 224 g/mol. The number of aromatic nitrogens is 3. The number of rotatable bonds is 8. The summed E-state index contributed by atoms with van der Waals surface area (Å²) >= 11 is 0. The van der Waals surface area contributed by atoms with E-state index in [1.807, 2.05) is 0 Å². The topological polar surface area (TPSA) is 70.7 Å². The molecular weight excluding hydrogens is 204 g/mol. The third-order valence-electron chi connectivity index (χ3n) is 2.45. The molecule has 0 bridgehead atoms. The molecule has 0 saturated carbocycles. The lowest BCUT2D eigenvalue weighted by Crippen LogP contribution is -2.25. The van der Waals surface area contributed by atoms with Crippen molar-refractivity contribution in [1.82, 2.24) is 20.5 Å². The van der Waals surface area contributed by atoms with Crippen molar-refractivity contribution in [3.05, 3.63) is 12.2 Å². The Morgan fingerprint density at radius 3 is 2.75 bits per heavy atom. The van der Waals surface area contributed by atoms with Crippen molar-refractivity contribution in [3.8, 4) is 0 Å². The van der Waals surface area contributed by atoms with Crippen molar-refractivity contribution in [2.24, 2.45) is 0 Å². The lowest BCUT2D eigenvalue weighted by Gasteiger charge is -2.02. The van der Waals surface area contributed by atoms with Crippen LogP contribution in [0, 0.1) is 0 Å². The minimum absolute atomic E-state index is 0.175. The third kappa shape index (κ3) is 4.91. The van der Waals surface area contributed by atoms with Crippen LogP contribution in [0.1, 0.15) is 56.1 Å². The summed E-state index contributed by atoms with van der Waals surface area (Å²) in [6, 6.07) is 0. The van der Waals surface area contributed by atoms with Gasteiger partial charge in [-0.1, -0.05) is 39.0 Å². The van der Waals surface area contributed by atoms with E-state index in [9.17, 15) is 4.79 Å². The highest BCUT2D eigenvalue weighted by Crippen LogP contribution is 2.04. The van der Waals surface area contributed by atoms with E-state index in [0.29, 0.717) is 6.54 Å². The van der Waals surface area contributed by atoms with Crippen molar-refractivity contribution in [1.29, 1.82) is 0 Å². The molecule has 0 saturated heterocycles. The predicted octanol–water partition coefficient (Wildman–Crippen LogP) is 1.90. The summed E-state index contributed by atoms with van der Waals surface area (Å²) in [4.78, 5) is 15.2. The van der Waals surface area contributed by atoms with Gasteiger partial charge < -0.3 is 5.32 Å². The Morgan fingerprint density at radius 2 is 2.06 bits per heavy atom. The van der Waals surface area contributed by atoms with Crippen LogP contribution in [0.25, 0.3) is 0 Å². The van der Waals surface area contributed by atoms with Gasteiger partial charge in [-0.2, -0.15) is 5.10 Å². The van der Waals surface area contributed by atoms with Gasteiger partial charge >= 0.3 is 0 Å². The van der Waals surface area contributed by atoms with Crippen LogP contribution in [0.5, 0.6) is 0 Å². The largest absolute Gasteiger partial charge is 0.349 e. The maximum atomic E-state index is 11.4. The Morgan fingerprint density at radius 1 is 1.31 bits per heavy atom. The highest BCUT2D eigenvalue weighted by molar-refractivity contribution is 5.90. The smallest absolute Gasteiger partial charge is 0.288 e. The number of hydrogen-bond acceptors (Lipinski definition) is 3. The lowest BCUT2D eigenvalue weighted by atomic mass is 10.1. The van der Waals surface area contributed by atoms with Gasteiger partial charge in [0, 0.05) is 6.54 Å². The Balaban J connectivity index is 1.97. The molecule has 5 nitrogen and oxygen atoms in total. The van der Waals surface area contributed by atoms with E-state index in [1.165, 1.54) is 38.4 Å². The molecule has 0 unspecified atom stereocenters. The number of H-pyrrole nitrogens is 1. The van der Waals surface area contributed by atoms with Gasteiger partial charge in [-0.05, 0) is 6.42 Å². The van der Waals surface area contributed by atoms with E-state index in [-0.39, 0.29) is 11.7 Å². The van der Waals surface area contributed by atoms with Gasteiger partial charge in [-0.25, -0.2) is 4.98 Å². The minimum Gasteiger partial charge on any atom is -0.349 e. The van der Waals surface area contributed by atoms with E-state index in [2.05, 4.69) is 27.4 Å². The first-order valence-corrected chi connectivity index (χ1v) is 5.98. The number of nitrogens with zero attached hydrogens (tertiary/aromatic N) is 2. The zero-order valence-electron chi connectivity index (χ0n) is 9.83. The maximum Gasteiger partial charge on any atom is 0.288 e.